The maximum absolute atomic E-state index is 12.6. The van der Waals surface area contributed by atoms with Gasteiger partial charge in [0.25, 0.3) is 0 Å². The van der Waals surface area contributed by atoms with Gasteiger partial charge >= 0.3 is 0 Å². The third-order valence-corrected chi connectivity index (χ3v) is 4.86. The molecule has 1 aromatic carbocycles. The highest BCUT2D eigenvalue weighted by atomic mass is 16.2. The molecule has 26 heavy (non-hydrogen) atoms. The van der Waals surface area contributed by atoms with Gasteiger partial charge in [-0.2, -0.15) is 5.26 Å². The maximum atomic E-state index is 12.6. The molecule has 2 aromatic rings. The van der Waals surface area contributed by atoms with Crippen LogP contribution in [0.2, 0.25) is 0 Å². The highest BCUT2D eigenvalue weighted by molar-refractivity contribution is 5.77. The summed E-state index contributed by atoms with van der Waals surface area (Å²) < 4.78 is 0. The zero-order chi connectivity index (χ0) is 18.5. The van der Waals surface area contributed by atoms with Crippen LogP contribution in [0.4, 0.5) is 5.82 Å². The van der Waals surface area contributed by atoms with Crippen molar-refractivity contribution in [3.63, 3.8) is 0 Å². The maximum Gasteiger partial charge on any atom is 0.223 e. The molecule has 0 bridgehead atoms. The molecule has 5 nitrogen and oxygen atoms in total. The van der Waals surface area contributed by atoms with Crippen molar-refractivity contribution in [3.8, 4) is 6.07 Å². The van der Waals surface area contributed by atoms with Gasteiger partial charge in [0.15, 0.2) is 0 Å². The highest BCUT2D eigenvalue weighted by Gasteiger charge is 2.27. The summed E-state index contributed by atoms with van der Waals surface area (Å²) in [7, 11) is 0. The molecule has 1 atom stereocenters. The van der Waals surface area contributed by atoms with Gasteiger partial charge in [0, 0.05) is 37.8 Å². The zero-order valence-electron chi connectivity index (χ0n) is 15.4. The molecule has 0 radical (unpaired) electrons. The van der Waals surface area contributed by atoms with Gasteiger partial charge in [-0.05, 0) is 50.1 Å². The molecule has 2 heterocycles. The molecule has 1 unspecified atom stereocenters. The van der Waals surface area contributed by atoms with Crippen LogP contribution in [0.25, 0.3) is 0 Å². The number of carbonyl (C=O) groups is 1. The SMILES string of the molecule is Cc1cccc(N2CCN(C(=O)CCc3ccc(C#N)cc3)C(C)C2)n1. The van der Waals surface area contributed by atoms with E-state index in [1.807, 2.05) is 42.2 Å². The predicted octanol–water partition coefficient (Wildman–Crippen LogP) is 2.93. The lowest BCUT2D eigenvalue weighted by Crippen LogP contribution is -2.54. The van der Waals surface area contributed by atoms with Crippen LogP contribution >= 0.6 is 0 Å². The van der Waals surface area contributed by atoms with Gasteiger partial charge in [-0.3, -0.25) is 4.79 Å². The van der Waals surface area contributed by atoms with Crippen molar-refractivity contribution in [2.45, 2.75) is 32.7 Å². The van der Waals surface area contributed by atoms with Gasteiger partial charge in [0.1, 0.15) is 5.82 Å². The summed E-state index contributed by atoms with van der Waals surface area (Å²) in [5.41, 5.74) is 2.75. The molecule has 0 aliphatic carbocycles. The third-order valence-electron chi connectivity index (χ3n) is 4.86. The van der Waals surface area contributed by atoms with E-state index in [2.05, 4.69) is 22.9 Å². The Hall–Kier alpha value is -2.87. The van der Waals surface area contributed by atoms with Crippen molar-refractivity contribution in [2.75, 3.05) is 24.5 Å². The predicted molar refractivity (Wildman–Crippen MR) is 102 cm³/mol. The lowest BCUT2D eigenvalue weighted by atomic mass is 10.1. The summed E-state index contributed by atoms with van der Waals surface area (Å²) in [6.07, 6.45) is 1.20. The van der Waals surface area contributed by atoms with E-state index in [1.54, 1.807) is 12.1 Å². The fourth-order valence-electron chi connectivity index (χ4n) is 3.38. The largest absolute Gasteiger partial charge is 0.353 e. The molecule has 1 fully saturated rings. The average Bonchev–Trinajstić information content (AvgIpc) is 2.66. The first-order chi connectivity index (χ1) is 12.6. The minimum Gasteiger partial charge on any atom is -0.353 e. The van der Waals surface area contributed by atoms with Gasteiger partial charge in [0.05, 0.1) is 11.6 Å². The van der Waals surface area contributed by atoms with E-state index >= 15 is 0 Å². The molecule has 5 heteroatoms. The molecule has 1 aromatic heterocycles. The summed E-state index contributed by atoms with van der Waals surface area (Å²) in [4.78, 5) is 21.5. The van der Waals surface area contributed by atoms with E-state index < -0.39 is 0 Å². The highest BCUT2D eigenvalue weighted by Crippen LogP contribution is 2.18. The van der Waals surface area contributed by atoms with Crippen LogP contribution in [0.5, 0.6) is 0 Å². The van der Waals surface area contributed by atoms with Crippen LogP contribution in [0.3, 0.4) is 0 Å². The van der Waals surface area contributed by atoms with E-state index in [4.69, 9.17) is 5.26 Å². The Kier molecular flexibility index (Phi) is 5.52. The second-order valence-corrected chi connectivity index (χ2v) is 6.83. The Balaban J connectivity index is 1.55. The molecule has 1 saturated heterocycles. The minimum absolute atomic E-state index is 0.166. The number of nitrogens with zero attached hydrogens (tertiary/aromatic N) is 4. The Labute approximate surface area is 154 Å². The average molecular weight is 348 g/mol. The van der Waals surface area contributed by atoms with Gasteiger partial charge < -0.3 is 9.80 Å². The lowest BCUT2D eigenvalue weighted by Gasteiger charge is -2.40. The number of benzene rings is 1. The van der Waals surface area contributed by atoms with Crippen molar-refractivity contribution in [1.82, 2.24) is 9.88 Å². The Bertz CT molecular complexity index is 810. The van der Waals surface area contributed by atoms with Crippen LogP contribution in [0, 0.1) is 18.3 Å². The van der Waals surface area contributed by atoms with E-state index in [0.29, 0.717) is 18.4 Å². The van der Waals surface area contributed by atoms with Crippen LogP contribution in [0.15, 0.2) is 42.5 Å². The first-order valence-corrected chi connectivity index (χ1v) is 9.04. The number of rotatable bonds is 4. The Morgan fingerprint density at radius 3 is 2.65 bits per heavy atom. The van der Waals surface area contributed by atoms with E-state index in [0.717, 1.165) is 36.7 Å². The van der Waals surface area contributed by atoms with Crippen LogP contribution < -0.4 is 4.90 Å². The first kappa shape index (κ1) is 17.9. The second-order valence-electron chi connectivity index (χ2n) is 6.83. The minimum atomic E-state index is 0.166. The number of aromatic nitrogens is 1. The molecular weight excluding hydrogens is 324 g/mol. The standard InChI is InChI=1S/C21H24N4O/c1-16-4-3-5-20(23-16)24-12-13-25(17(2)15-24)21(26)11-10-18-6-8-19(14-22)9-7-18/h3-9,17H,10-13,15H2,1-2H3. The van der Waals surface area contributed by atoms with Gasteiger partial charge in [-0.15, -0.1) is 0 Å². The molecular formula is C21H24N4O. The number of nitriles is 1. The fourth-order valence-corrected chi connectivity index (χ4v) is 3.38. The summed E-state index contributed by atoms with van der Waals surface area (Å²) in [5, 5.41) is 8.85. The molecule has 1 amide bonds. The summed E-state index contributed by atoms with van der Waals surface area (Å²) in [6.45, 7) is 6.43. The van der Waals surface area contributed by atoms with Crippen LogP contribution in [-0.2, 0) is 11.2 Å². The fraction of sp³-hybridized carbons (Fsp3) is 0.381. The summed E-state index contributed by atoms with van der Waals surface area (Å²) in [5.74, 6) is 1.18. The van der Waals surface area contributed by atoms with Gasteiger partial charge in [0.2, 0.25) is 5.91 Å². The topological polar surface area (TPSA) is 60.2 Å². The van der Waals surface area contributed by atoms with Crippen molar-refractivity contribution < 1.29 is 4.79 Å². The molecule has 1 aliphatic heterocycles. The molecule has 0 N–H and O–H groups in total. The lowest BCUT2D eigenvalue weighted by molar-refractivity contribution is -0.133. The normalized spacial score (nSPS) is 17.0. The molecule has 0 spiro atoms. The first-order valence-electron chi connectivity index (χ1n) is 9.04. The summed E-state index contributed by atoms with van der Waals surface area (Å²) in [6, 6.07) is 15.8. The van der Waals surface area contributed by atoms with E-state index in [9.17, 15) is 4.79 Å². The van der Waals surface area contributed by atoms with Crippen LogP contribution in [0.1, 0.15) is 30.2 Å². The van der Waals surface area contributed by atoms with Gasteiger partial charge in [-0.25, -0.2) is 4.98 Å². The van der Waals surface area contributed by atoms with E-state index in [1.165, 1.54) is 0 Å². The Morgan fingerprint density at radius 1 is 1.23 bits per heavy atom. The van der Waals surface area contributed by atoms with Gasteiger partial charge in [-0.1, -0.05) is 18.2 Å². The van der Waals surface area contributed by atoms with Crippen molar-refractivity contribution in [1.29, 1.82) is 5.26 Å². The number of hydrogen-bond donors (Lipinski definition) is 0. The van der Waals surface area contributed by atoms with Crippen molar-refractivity contribution in [3.05, 3.63) is 59.3 Å². The summed E-state index contributed by atoms with van der Waals surface area (Å²) >= 11 is 0. The number of amides is 1. The number of hydrogen-bond acceptors (Lipinski definition) is 4. The quantitative estimate of drug-likeness (QED) is 0.852. The number of pyridine rings is 1. The number of aryl methyl sites for hydroxylation is 2. The van der Waals surface area contributed by atoms with E-state index in [-0.39, 0.29) is 11.9 Å². The molecule has 0 saturated carbocycles. The zero-order valence-corrected chi connectivity index (χ0v) is 15.4. The monoisotopic (exact) mass is 348 g/mol. The second kappa shape index (κ2) is 8.01. The molecule has 3 rings (SSSR count). The van der Waals surface area contributed by atoms with Crippen molar-refractivity contribution >= 4 is 11.7 Å². The Morgan fingerprint density at radius 2 is 2.00 bits per heavy atom. The van der Waals surface area contributed by atoms with Crippen LogP contribution in [-0.4, -0.2) is 41.5 Å². The number of carbonyl (C=O) groups excluding carboxylic acids is 1. The third kappa shape index (κ3) is 4.20. The van der Waals surface area contributed by atoms with Crippen molar-refractivity contribution in [2.24, 2.45) is 0 Å². The molecule has 1 aliphatic rings. The smallest absolute Gasteiger partial charge is 0.223 e. The number of piperazine rings is 1. The molecule has 134 valence electrons. The number of anilines is 1.